The molecule has 1 aromatic carbocycles. The zero-order valence-electron chi connectivity index (χ0n) is 13.7. The van der Waals surface area contributed by atoms with Crippen LogP contribution in [-0.2, 0) is 11.3 Å². The van der Waals surface area contributed by atoms with E-state index in [1.54, 1.807) is 0 Å². The van der Waals surface area contributed by atoms with Crippen LogP contribution in [0.4, 0.5) is 0 Å². The number of benzene rings is 1. The molecule has 0 radical (unpaired) electrons. The molecular weight excluding hydrogens is 260 g/mol. The van der Waals surface area contributed by atoms with Crippen molar-refractivity contribution in [3.8, 4) is 0 Å². The first-order chi connectivity index (χ1) is 10.0. The van der Waals surface area contributed by atoms with Crippen molar-refractivity contribution in [1.82, 2.24) is 10.2 Å². The second kappa shape index (κ2) is 7.08. The van der Waals surface area contributed by atoms with E-state index in [-0.39, 0.29) is 11.8 Å². The molecular formula is C18H28N2O. The summed E-state index contributed by atoms with van der Waals surface area (Å²) in [6, 6.07) is 9.17. The minimum atomic E-state index is 0.0468. The predicted octanol–water partition coefficient (Wildman–Crippen LogP) is 3.16. The molecule has 1 unspecified atom stereocenters. The molecule has 3 heteroatoms. The molecule has 1 aliphatic rings. The highest BCUT2D eigenvalue weighted by molar-refractivity contribution is 5.79. The van der Waals surface area contributed by atoms with Gasteiger partial charge in [-0.25, -0.2) is 0 Å². The Kier molecular flexibility index (Phi) is 5.40. The number of hydrogen-bond acceptors (Lipinski definition) is 2. The molecule has 21 heavy (non-hydrogen) atoms. The summed E-state index contributed by atoms with van der Waals surface area (Å²) in [5.41, 5.74) is 2.59. The van der Waals surface area contributed by atoms with Gasteiger partial charge in [0.2, 0.25) is 5.91 Å². The molecule has 0 aromatic heterocycles. The number of amides is 1. The highest BCUT2D eigenvalue weighted by atomic mass is 16.2. The third-order valence-electron chi connectivity index (χ3n) is 4.20. The SMILES string of the molecule is CNCC(C)C(=O)N(Cc1ccc(C(C)C)cc1)C1CC1. The molecule has 0 bridgehead atoms. The summed E-state index contributed by atoms with van der Waals surface area (Å²) < 4.78 is 0. The maximum absolute atomic E-state index is 12.6. The first-order valence-corrected chi connectivity index (χ1v) is 8.06. The number of hydrogen-bond donors (Lipinski definition) is 1. The molecule has 1 aliphatic carbocycles. The van der Waals surface area contributed by atoms with Gasteiger partial charge in [-0.1, -0.05) is 45.0 Å². The summed E-state index contributed by atoms with van der Waals surface area (Å²) in [5.74, 6) is 0.876. The summed E-state index contributed by atoms with van der Waals surface area (Å²) in [7, 11) is 1.90. The lowest BCUT2D eigenvalue weighted by atomic mass is 10.0. The lowest BCUT2D eigenvalue weighted by Crippen LogP contribution is -2.39. The van der Waals surface area contributed by atoms with E-state index in [9.17, 15) is 4.79 Å². The van der Waals surface area contributed by atoms with E-state index >= 15 is 0 Å². The van der Waals surface area contributed by atoms with Crippen LogP contribution in [0, 0.1) is 5.92 Å². The van der Waals surface area contributed by atoms with Gasteiger partial charge in [0.05, 0.1) is 0 Å². The van der Waals surface area contributed by atoms with Gasteiger partial charge in [-0.15, -0.1) is 0 Å². The van der Waals surface area contributed by atoms with Crippen molar-refractivity contribution >= 4 is 5.91 Å². The number of carbonyl (C=O) groups is 1. The molecule has 0 spiro atoms. The fourth-order valence-electron chi connectivity index (χ4n) is 2.65. The monoisotopic (exact) mass is 288 g/mol. The van der Waals surface area contributed by atoms with Gasteiger partial charge in [0.1, 0.15) is 0 Å². The van der Waals surface area contributed by atoms with Crippen LogP contribution in [0.1, 0.15) is 50.7 Å². The lowest BCUT2D eigenvalue weighted by molar-refractivity contribution is -0.136. The second-order valence-electron chi connectivity index (χ2n) is 6.55. The van der Waals surface area contributed by atoms with Crippen LogP contribution >= 0.6 is 0 Å². The summed E-state index contributed by atoms with van der Waals surface area (Å²) in [4.78, 5) is 14.7. The number of nitrogens with zero attached hydrogens (tertiary/aromatic N) is 1. The molecule has 0 saturated heterocycles. The van der Waals surface area contributed by atoms with Crippen LogP contribution in [0.15, 0.2) is 24.3 Å². The van der Waals surface area contributed by atoms with Crippen molar-refractivity contribution < 1.29 is 4.79 Å². The number of carbonyl (C=O) groups excluding carboxylic acids is 1. The van der Waals surface area contributed by atoms with Crippen molar-refractivity contribution in [2.24, 2.45) is 5.92 Å². The summed E-state index contributed by atoms with van der Waals surface area (Å²) in [6.07, 6.45) is 2.31. The summed E-state index contributed by atoms with van der Waals surface area (Å²) in [5, 5.41) is 3.10. The largest absolute Gasteiger partial charge is 0.335 e. The van der Waals surface area contributed by atoms with E-state index in [4.69, 9.17) is 0 Å². The van der Waals surface area contributed by atoms with Gasteiger partial charge in [-0.3, -0.25) is 4.79 Å². The van der Waals surface area contributed by atoms with Crippen LogP contribution in [0.25, 0.3) is 0 Å². The molecule has 116 valence electrons. The lowest BCUT2D eigenvalue weighted by Gasteiger charge is -2.26. The van der Waals surface area contributed by atoms with Gasteiger partial charge < -0.3 is 10.2 Å². The van der Waals surface area contributed by atoms with Crippen molar-refractivity contribution in [3.05, 3.63) is 35.4 Å². The van der Waals surface area contributed by atoms with E-state index in [1.807, 2.05) is 14.0 Å². The Bertz CT molecular complexity index is 463. The Morgan fingerprint density at radius 1 is 1.24 bits per heavy atom. The van der Waals surface area contributed by atoms with Crippen LogP contribution in [0.5, 0.6) is 0 Å². The molecule has 1 saturated carbocycles. The first kappa shape index (κ1) is 16.0. The Morgan fingerprint density at radius 3 is 2.33 bits per heavy atom. The minimum absolute atomic E-state index is 0.0468. The maximum Gasteiger partial charge on any atom is 0.227 e. The topological polar surface area (TPSA) is 32.3 Å². The van der Waals surface area contributed by atoms with Gasteiger partial charge in [0.25, 0.3) is 0 Å². The van der Waals surface area contributed by atoms with Crippen molar-refractivity contribution in [3.63, 3.8) is 0 Å². The molecule has 0 aliphatic heterocycles. The van der Waals surface area contributed by atoms with E-state index in [2.05, 4.69) is 48.3 Å². The van der Waals surface area contributed by atoms with Crippen LogP contribution in [0.3, 0.4) is 0 Å². The van der Waals surface area contributed by atoms with Crippen molar-refractivity contribution in [1.29, 1.82) is 0 Å². The van der Waals surface area contributed by atoms with E-state index in [0.717, 1.165) is 25.9 Å². The van der Waals surface area contributed by atoms with E-state index in [0.29, 0.717) is 12.0 Å². The molecule has 2 rings (SSSR count). The fourth-order valence-corrected chi connectivity index (χ4v) is 2.65. The highest BCUT2D eigenvalue weighted by Gasteiger charge is 2.34. The molecule has 3 nitrogen and oxygen atoms in total. The molecule has 1 atom stereocenters. The Hall–Kier alpha value is -1.35. The van der Waals surface area contributed by atoms with Gasteiger partial charge >= 0.3 is 0 Å². The molecule has 1 N–H and O–H groups in total. The number of rotatable bonds is 7. The van der Waals surface area contributed by atoms with Crippen LogP contribution in [-0.4, -0.2) is 30.4 Å². The average molecular weight is 288 g/mol. The Labute approximate surface area is 128 Å². The van der Waals surface area contributed by atoms with Gasteiger partial charge in [-0.05, 0) is 36.9 Å². The van der Waals surface area contributed by atoms with Gasteiger partial charge in [0, 0.05) is 25.0 Å². The highest BCUT2D eigenvalue weighted by Crippen LogP contribution is 2.30. The quantitative estimate of drug-likeness (QED) is 0.836. The molecule has 0 heterocycles. The first-order valence-electron chi connectivity index (χ1n) is 8.06. The van der Waals surface area contributed by atoms with E-state index in [1.165, 1.54) is 11.1 Å². The van der Waals surface area contributed by atoms with Gasteiger partial charge in [-0.2, -0.15) is 0 Å². The molecule has 1 amide bonds. The molecule has 1 aromatic rings. The van der Waals surface area contributed by atoms with Crippen LogP contribution in [0.2, 0.25) is 0 Å². The maximum atomic E-state index is 12.6. The van der Waals surface area contributed by atoms with Gasteiger partial charge in [0.15, 0.2) is 0 Å². The standard InChI is InChI=1S/C18H28N2O/c1-13(2)16-7-5-15(6-8-16)12-20(17-9-10-17)18(21)14(3)11-19-4/h5-8,13-14,17,19H,9-12H2,1-4H3. The second-order valence-corrected chi connectivity index (χ2v) is 6.55. The van der Waals surface area contributed by atoms with Crippen molar-refractivity contribution in [2.75, 3.05) is 13.6 Å². The Morgan fingerprint density at radius 2 is 1.86 bits per heavy atom. The van der Waals surface area contributed by atoms with Crippen molar-refractivity contribution in [2.45, 2.75) is 52.1 Å². The fraction of sp³-hybridized carbons (Fsp3) is 0.611. The third-order valence-corrected chi connectivity index (χ3v) is 4.20. The smallest absolute Gasteiger partial charge is 0.227 e. The molecule has 1 fully saturated rings. The van der Waals surface area contributed by atoms with E-state index < -0.39 is 0 Å². The summed E-state index contributed by atoms with van der Waals surface area (Å²) in [6.45, 7) is 7.91. The zero-order chi connectivity index (χ0) is 15.4. The zero-order valence-corrected chi connectivity index (χ0v) is 13.7. The number of nitrogens with one attached hydrogen (secondary N) is 1. The predicted molar refractivity (Wildman–Crippen MR) is 87.2 cm³/mol. The minimum Gasteiger partial charge on any atom is -0.335 e. The summed E-state index contributed by atoms with van der Waals surface area (Å²) >= 11 is 0. The van der Waals surface area contributed by atoms with Crippen LogP contribution < -0.4 is 5.32 Å². The third kappa shape index (κ3) is 4.31. The average Bonchev–Trinajstić information content (AvgIpc) is 3.29. The Balaban J connectivity index is 2.04. The normalized spacial score (nSPS) is 16.0.